The quantitative estimate of drug-likeness (QED) is 0.649. The van der Waals surface area contributed by atoms with Crippen molar-refractivity contribution in [3.05, 3.63) is 0 Å². The largest absolute Gasteiger partial charge is 0.358 e. The molecule has 0 aliphatic heterocycles. The van der Waals surface area contributed by atoms with E-state index in [1.165, 1.54) is 0 Å². The maximum atomic E-state index is 12.2. The molecular weight excluding hydrogens is 288 g/mol. The Kier molecular flexibility index (Phi) is 9.19. The molecule has 0 aromatic carbocycles. The van der Waals surface area contributed by atoms with E-state index in [1.807, 2.05) is 30.7 Å². The van der Waals surface area contributed by atoms with E-state index in [9.17, 15) is 9.59 Å². The summed E-state index contributed by atoms with van der Waals surface area (Å²) in [4.78, 5) is 25.3. The molecule has 0 rings (SSSR count). The van der Waals surface area contributed by atoms with Crippen LogP contribution in [0.25, 0.3) is 0 Å². The molecule has 1 amide bonds. The molecule has 18 heavy (non-hydrogen) atoms. The Bertz CT molecular complexity index is 275. The highest BCUT2D eigenvalue weighted by atomic mass is 32.3. The zero-order valence-electron chi connectivity index (χ0n) is 11.6. The third-order valence-corrected chi connectivity index (χ3v) is 7.86. The van der Waals surface area contributed by atoms with Gasteiger partial charge in [-0.25, -0.2) is 0 Å². The van der Waals surface area contributed by atoms with Crippen molar-refractivity contribution in [3.8, 4) is 0 Å². The van der Waals surface area contributed by atoms with Crippen molar-refractivity contribution in [2.75, 3.05) is 46.0 Å². The van der Waals surface area contributed by atoms with E-state index in [1.54, 1.807) is 42.3 Å². The van der Waals surface area contributed by atoms with Gasteiger partial charge in [0.25, 0.3) is 0 Å². The van der Waals surface area contributed by atoms with Gasteiger partial charge in [0.05, 0.1) is 6.54 Å². The first kappa shape index (κ1) is 18.1. The smallest absolute Gasteiger partial charge is 0.233 e. The number of likely N-dealkylation sites (N-methyl/N-ethyl adjacent to an activating group) is 2. The van der Waals surface area contributed by atoms with Gasteiger partial charge in [-0.2, -0.15) is 0 Å². The van der Waals surface area contributed by atoms with Crippen LogP contribution in [0.4, 0.5) is 0 Å². The van der Waals surface area contributed by atoms with E-state index in [4.69, 9.17) is 0 Å². The molecule has 0 saturated heterocycles. The maximum absolute atomic E-state index is 12.2. The van der Waals surface area contributed by atoms with Crippen LogP contribution in [0.3, 0.4) is 0 Å². The van der Waals surface area contributed by atoms with Crippen molar-refractivity contribution >= 4 is 47.0 Å². The van der Waals surface area contributed by atoms with Gasteiger partial charge in [0.1, 0.15) is 0 Å². The zero-order chi connectivity index (χ0) is 14.2. The average molecular weight is 311 g/mol. The minimum atomic E-state index is -0.409. The van der Waals surface area contributed by atoms with Gasteiger partial charge in [0.2, 0.25) is 5.91 Å². The Balaban J connectivity index is 4.27. The molecule has 0 radical (unpaired) electrons. The fourth-order valence-corrected chi connectivity index (χ4v) is 4.43. The Morgan fingerprint density at radius 1 is 1.17 bits per heavy atom. The number of carbonyl (C=O) groups is 2. The first-order valence-electron chi connectivity index (χ1n) is 5.53. The highest BCUT2D eigenvalue weighted by Gasteiger charge is 2.35. The van der Waals surface area contributed by atoms with Crippen LogP contribution in [0.5, 0.6) is 0 Å². The molecule has 0 aliphatic carbocycles. The monoisotopic (exact) mass is 310 g/mol. The van der Waals surface area contributed by atoms with Crippen LogP contribution in [0.1, 0.15) is 6.42 Å². The second kappa shape index (κ2) is 9.12. The van der Waals surface area contributed by atoms with Crippen molar-refractivity contribution in [3.63, 3.8) is 0 Å². The van der Waals surface area contributed by atoms with E-state index in [0.29, 0.717) is 19.5 Å². The van der Waals surface area contributed by atoms with E-state index >= 15 is 0 Å². The molecule has 0 aromatic rings. The minimum Gasteiger partial charge on any atom is -0.358 e. The Morgan fingerprint density at radius 2 is 1.67 bits per heavy atom. The summed E-state index contributed by atoms with van der Waals surface area (Å²) < 4.78 is -0.409. The van der Waals surface area contributed by atoms with Gasteiger partial charge < -0.3 is 5.32 Å². The van der Waals surface area contributed by atoms with Crippen molar-refractivity contribution < 1.29 is 9.59 Å². The molecule has 7 heteroatoms. The summed E-state index contributed by atoms with van der Waals surface area (Å²) in [5.74, 6) is 0.189. The summed E-state index contributed by atoms with van der Waals surface area (Å²) in [5.41, 5.74) is 0. The Hall–Kier alpha value is 0.150. The van der Waals surface area contributed by atoms with Crippen LogP contribution in [-0.2, 0) is 9.59 Å². The van der Waals surface area contributed by atoms with Crippen LogP contribution < -0.4 is 5.32 Å². The van der Waals surface area contributed by atoms with E-state index < -0.39 is 3.41 Å². The van der Waals surface area contributed by atoms with Crippen LogP contribution in [0, 0.1) is 0 Å². The average Bonchev–Trinajstić information content (AvgIpc) is 2.38. The number of carbonyl (C=O) groups excluding carboxylic acids is 2. The minimum absolute atomic E-state index is 0.0317. The summed E-state index contributed by atoms with van der Waals surface area (Å²) in [7, 11) is 3.46. The number of hydrogen-bond donors (Lipinski definition) is 1. The fraction of sp³-hybridized carbons (Fsp3) is 0.818. The highest BCUT2D eigenvalue weighted by molar-refractivity contribution is 8.34. The lowest BCUT2D eigenvalue weighted by Gasteiger charge is -2.27. The molecule has 106 valence electrons. The second-order valence-corrected chi connectivity index (χ2v) is 7.59. The first-order chi connectivity index (χ1) is 8.45. The van der Waals surface area contributed by atoms with E-state index in [-0.39, 0.29) is 11.7 Å². The molecular formula is C11H22N2O2S3. The summed E-state index contributed by atoms with van der Waals surface area (Å²) >= 11 is 4.72. The summed E-state index contributed by atoms with van der Waals surface area (Å²) in [6.45, 7) is 0.935. The number of nitrogens with zero attached hydrogens (tertiary/aromatic N) is 1. The van der Waals surface area contributed by atoms with Gasteiger partial charge in [-0.05, 0) is 25.8 Å². The standard InChI is InChI=1S/C11H22N2O2S3/c1-12-10(15)8-13(2)7-6-9(14)11(16-3,17-4)18-5/h6-8H2,1-5H3,(H,12,15). The lowest BCUT2D eigenvalue weighted by Crippen LogP contribution is -2.36. The maximum Gasteiger partial charge on any atom is 0.233 e. The number of rotatable bonds is 9. The molecule has 0 bridgehead atoms. The number of thioether (sulfide) groups is 3. The van der Waals surface area contributed by atoms with Crippen molar-refractivity contribution in [2.24, 2.45) is 0 Å². The van der Waals surface area contributed by atoms with Gasteiger partial charge in [0, 0.05) is 20.0 Å². The highest BCUT2D eigenvalue weighted by Crippen LogP contribution is 2.44. The second-order valence-electron chi connectivity index (χ2n) is 3.75. The summed E-state index contributed by atoms with van der Waals surface area (Å²) in [6, 6.07) is 0. The van der Waals surface area contributed by atoms with E-state index in [2.05, 4.69) is 5.32 Å². The van der Waals surface area contributed by atoms with Gasteiger partial charge in [-0.15, -0.1) is 35.3 Å². The molecule has 0 saturated carbocycles. The fourth-order valence-electron chi connectivity index (χ4n) is 1.44. The molecule has 1 N–H and O–H groups in total. The summed E-state index contributed by atoms with van der Waals surface area (Å²) in [6.07, 6.45) is 6.34. The number of nitrogens with one attached hydrogen (secondary N) is 1. The molecule has 4 nitrogen and oxygen atoms in total. The SMILES string of the molecule is CNC(=O)CN(C)CCC(=O)C(SC)(SC)SC. The van der Waals surface area contributed by atoms with Gasteiger partial charge >= 0.3 is 0 Å². The third-order valence-electron chi connectivity index (χ3n) is 2.56. The molecule has 0 unspecified atom stereocenters. The van der Waals surface area contributed by atoms with Crippen molar-refractivity contribution in [1.82, 2.24) is 10.2 Å². The third kappa shape index (κ3) is 5.42. The normalized spacial score (nSPS) is 11.7. The molecule has 0 atom stereocenters. The zero-order valence-corrected chi connectivity index (χ0v) is 14.1. The molecule has 0 aromatic heterocycles. The van der Waals surface area contributed by atoms with Gasteiger partial charge in [0.15, 0.2) is 9.19 Å². The van der Waals surface area contributed by atoms with Crippen LogP contribution >= 0.6 is 35.3 Å². The predicted molar refractivity (Wildman–Crippen MR) is 84.5 cm³/mol. The molecule has 0 spiro atoms. The molecule has 0 aliphatic rings. The predicted octanol–water partition coefficient (Wildman–Crippen LogP) is 1.37. The first-order valence-corrected chi connectivity index (χ1v) is 9.21. The number of hydrogen-bond acceptors (Lipinski definition) is 6. The Labute approximate surface area is 122 Å². The topological polar surface area (TPSA) is 49.4 Å². The number of Topliss-reactive ketones (excluding diaryl/α,β-unsaturated/α-hetero) is 1. The molecule has 0 fully saturated rings. The van der Waals surface area contributed by atoms with Crippen molar-refractivity contribution in [1.29, 1.82) is 0 Å². The van der Waals surface area contributed by atoms with Gasteiger partial charge in [-0.1, -0.05) is 0 Å². The lowest BCUT2D eigenvalue weighted by molar-refractivity contribution is -0.122. The summed E-state index contributed by atoms with van der Waals surface area (Å²) in [5, 5.41) is 2.57. The van der Waals surface area contributed by atoms with Crippen LogP contribution in [-0.4, -0.2) is 66.0 Å². The molecule has 0 heterocycles. The van der Waals surface area contributed by atoms with Crippen molar-refractivity contribution in [2.45, 2.75) is 9.83 Å². The Morgan fingerprint density at radius 3 is 2.06 bits per heavy atom. The van der Waals surface area contributed by atoms with Gasteiger partial charge in [-0.3, -0.25) is 14.5 Å². The lowest BCUT2D eigenvalue weighted by atomic mass is 10.3. The van der Waals surface area contributed by atoms with Crippen LogP contribution in [0.2, 0.25) is 0 Å². The van der Waals surface area contributed by atoms with Crippen LogP contribution in [0.15, 0.2) is 0 Å². The number of ketones is 1. The number of amides is 1. The van der Waals surface area contributed by atoms with E-state index in [0.717, 1.165) is 0 Å².